The molecule has 1 N–H and O–H groups in total. The summed E-state index contributed by atoms with van der Waals surface area (Å²) in [6.07, 6.45) is 1.41. The fourth-order valence-corrected chi connectivity index (χ4v) is 4.65. The molecule has 2 aromatic heterocycles. The van der Waals surface area contributed by atoms with Crippen LogP contribution in [-0.2, 0) is 4.79 Å². The van der Waals surface area contributed by atoms with Crippen molar-refractivity contribution in [2.45, 2.75) is 26.8 Å². The maximum absolute atomic E-state index is 13.4. The summed E-state index contributed by atoms with van der Waals surface area (Å²) in [5.41, 5.74) is 2.50. The Balaban J connectivity index is 1.69. The molecule has 4 rings (SSSR count). The fourth-order valence-electron chi connectivity index (χ4n) is 3.52. The maximum Gasteiger partial charge on any atom is 0.263 e. The second-order valence-corrected chi connectivity index (χ2v) is 9.12. The average molecular weight is 466 g/mol. The summed E-state index contributed by atoms with van der Waals surface area (Å²) in [5.74, 6) is -0.409. The molecule has 0 fully saturated rings. The Labute approximate surface area is 193 Å². The van der Waals surface area contributed by atoms with E-state index in [4.69, 9.17) is 11.6 Å². The topological polar surface area (TPSA) is 81.1 Å². The molecule has 4 aromatic rings. The molecule has 32 heavy (non-hydrogen) atoms. The molecule has 0 bridgehead atoms. The molecule has 6 nitrogen and oxygen atoms in total. The number of hydrogen-bond acceptors (Lipinski definition) is 5. The van der Waals surface area contributed by atoms with Crippen LogP contribution >= 0.6 is 22.9 Å². The number of fused-ring (bicyclic) bond motifs is 1. The third kappa shape index (κ3) is 4.09. The van der Waals surface area contributed by atoms with Crippen molar-refractivity contribution in [3.63, 3.8) is 0 Å². The van der Waals surface area contributed by atoms with Crippen molar-refractivity contribution < 1.29 is 9.59 Å². The molecule has 0 saturated carbocycles. The summed E-state index contributed by atoms with van der Waals surface area (Å²) in [4.78, 5) is 43.7. The van der Waals surface area contributed by atoms with Gasteiger partial charge in [0.25, 0.3) is 5.56 Å². The zero-order valence-corrected chi connectivity index (χ0v) is 19.3. The molecule has 1 atom stereocenters. The monoisotopic (exact) mass is 465 g/mol. The minimum absolute atomic E-state index is 0.0512. The molecule has 8 heteroatoms. The molecule has 0 saturated heterocycles. The number of aryl methyl sites for hydroxylation is 1. The summed E-state index contributed by atoms with van der Waals surface area (Å²) in [6.45, 7) is 5.08. The quantitative estimate of drug-likeness (QED) is 0.395. The van der Waals surface area contributed by atoms with E-state index in [1.807, 2.05) is 19.1 Å². The van der Waals surface area contributed by atoms with Crippen molar-refractivity contribution in [3.8, 4) is 11.1 Å². The van der Waals surface area contributed by atoms with Crippen molar-refractivity contribution >= 4 is 50.5 Å². The van der Waals surface area contributed by atoms with Crippen molar-refractivity contribution in [1.82, 2.24) is 9.55 Å². The smallest absolute Gasteiger partial charge is 0.263 e. The second kappa shape index (κ2) is 8.68. The Morgan fingerprint density at radius 3 is 2.38 bits per heavy atom. The molecular weight excluding hydrogens is 446 g/mol. The highest BCUT2D eigenvalue weighted by atomic mass is 35.5. The zero-order chi connectivity index (χ0) is 23.0. The van der Waals surface area contributed by atoms with Gasteiger partial charge in [-0.25, -0.2) is 4.98 Å². The maximum atomic E-state index is 13.4. The lowest BCUT2D eigenvalue weighted by molar-refractivity contribution is -0.118. The van der Waals surface area contributed by atoms with Gasteiger partial charge in [-0.05, 0) is 62.7 Å². The first kappa shape index (κ1) is 21.9. The van der Waals surface area contributed by atoms with Gasteiger partial charge in [0, 0.05) is 26.7 Å². The van der Waals surface area contributed by atoms with Gasteiger partial charge in [0.1, 0.15) is 10.9 Å². The highest BCUT2D eigenvalue weighted by Crippen LogP contribution is 2.36. The van der Waals surface area contributed by atoms with Crippen LogP contribution in [0.5, 0.6) is 0 Å². The number of aromatic nitrogens is 2. The Morgan fingerprint density at radius 2 is 1.75 bits per heavy atom. The fraction of sp³-hybridized carbons (Fsp3) is 0.167. The van der Waals surface area contributed by atoms with E-state index in [1.165, 1.54) is 29.2 Å². The van der Waals surface area contributed by atoms with Gasteiger partial charge in [0.2, 0.25) is 5.91 Å². The number of benzene rings is 2. The van der Waals surface area contributed by atoms with Crippen LogP contribution < -0.4 is 10.9 Å². The first-order chi connectivity index (χ1) is 15.3. The van der Waals surface area contributed by atoms with Crippen LogP contribution in [0.3, 0.4) is 0 Å². The minimum Gasteiger partial charge on any atom is -0.324 e. The lowest BCUT2D eigenvalue weighted by Crippen LogP contribution is -2.31. The van der Waals surface area contributed by atoms with E-state index < -0.39 is 6.04 Å². The Hall–Kier alpha value is -3.29. The van der Waals surface area contributed by atoms with Gasteiger partial charge in [0.05, 0.1) is 11.7 Å². The lowest BCUT2D eigenvalue weighted by atomic mass is 10.0. The summed E-state index contributed by atoms with van der Waals surface area (Å²) in [7, 11) is 0. The number of rotatable bonds is 5. The number of ketones is 1. The van der Waals surface area contributed by atoms with Gasteiger partial charge < -0.3 is 5.32 Å². The number of carbonyl (C=O) groups excluding carboxylic acids is 2. The van der Waals surface area contributed by atoms with Crippen LogP contribution in [-0.4, -0.2) is 21.2 Å². The van der Waals surface area contributed by atoms with Crippen molar-refractivity contribution in [2.75, 3.05) is 5.32 Å². The van der Waals surface area contributed by atoms with Crippen LogP contribution in [0.4, 0.5) is 5.69 Å². The zero-order valence-electron chi connectivity index (χ0n) is 17.7. The summed E-state index contributed by atoms with van der Waals surface area (Å²) in [5, 5.41) is 3.89. The lowest BCUT2D eigenvalue weighted by Gasteiger charge is -2.15. The van der Waals surface area contributed by atoms with Crippen LogP contribution in [0, 0.1) is 6.92 Å². The number of anilines is 1. The van der Waals surface area contributed by atoms with E-state index in [0.717, 1.165) is 16.0 Å². The van der Waals surface area contributed by atoms with Crippen LogP contribution in [0.25, 0.3) is 21.3 Å². The minimum atomic E-state index is -0.787. The normalized spacial score (nSPS) is 12.0. The largest absolute Gasteiger partial charge is 0.324 e. The number of thiophene rings is 1. The van der Waals surface area contributed by atoms with Crippen molar-refractivity contribution in [1.29, 1.82) is 0 Å². The summed E-state index contributed by atoms with van der Waals surface area (Å²) >= 11 is 7.46. The predicted octanol–water partition coefficient (Wildman–Crippen LogP) is 5.49. The number of Topliss-reactive ketones (excluding diaryl/α,β-unsaturated/α-hetero) is 1. The van der Waals surface area contributed by atoms with E-state index >= 15 is 0 Å². The number of hydrogen-bond donors (Lipinski definition) is 1. The predicted molar refractivity (Wildman–Crippen MR) is 129 cm³/mol. The molecule has 0 spiro atoms. The SMILES string of the molecule is CC(=O)c1ccc(NC(=O)C(C)n2cnc3sc(C)c(-c4ccc(Cl)cc4)c3c2=O)cc1. The summed E-state index contributed by atoms with van der Waals surface area (Å²) < 4.78 is 1.34. The number of halogens is 1. The molecule has 2 aromatic carbocycles. The third-order valence-corrected chi connectivity index (χ3v) is 6.57. The molecule has 2 heterocycles. The first-order valence-electron chi connectivity index (χ1n) is 9.94. The van der Waals surface area contributed by atoms with E-state index in [1.54, 1.807) is 43.3 Å². The van der Waals surface area contributed by atoms with Crippen LogP contribution in [0.15, 0.2) is 59.7 Å². The Kier molecular flexibility index (Phi) is 5.95. The summed E-state index contributed by atoms with van der Waals surface area (Å²) in [6, 6.07) is 13.1. The van der Waals surface area contributed by atoms with E-state index in [-0.39, 0.29) is 17.2 Å². The Morgan fingerprint density at radius 1 is 1.09 bits per heavy atom. The van der Waals surface area contributed by atoms with Crippen LogP contribution in [0.1, 0.15) is 35.1 Å². The molecule has 1 unspecified atom stereocenters. The van der Waals surface area contributed by atoms with Gasteiger partial charge in [-0.15, -0.1) is 11.3 Å². The van der Waals surface area contributed by atoms with E-state index in [2.05, 4.69) is 10.3 Å². The molecule has 1 amide bonds. The van der Waals surface area contributed by atoms with E-state index in [9.17, 15) is 14.4 Å². The molecule has 0 aliphatic carbocycles. The van der Waals surface area contributed by atoms with E-state index in [0.29, 0.717) is 26.5 Å². The number of nitrogens with zero attached hydrogens (tertiary/aromatic N) is 2. The number of amides is 1. The van der Waals surface area contributed by atoms with Crippen molar-refractivity contribution in [3.05, 3.63) is 80.7 Å². The molecule has 0 radical (unpaired) electrons. The highest BCUT2D eigenvalue weighted by Gasteiger charge is 2.22. The van der Waals surface area contributed by atoms with Crippen LogP contribution in [0.2, 0.25) is 5.02 Å². The van der Waals surface area contributed by atoms with Gasteiger partial charge in [-0.1, -0.05) is 23.7 Å². The van der Waals surface area contributed by atoms with Gasteiger partial charge >= 0.3 is 0 Å². The number of carbonyl (C=O) groups is 2. The molecule has 0 aliphatic heterocycles. The standard InChI is InChI=1S/C24H20ClN3O3S/c1-13(22(30)27-19-10-6-16(7-11-19)14(2)29)28-12-26-23-21(24(28)31)20(15(3)32-23)17-4-8-18(25)9-5-17/h4-13H,1-3H3,(H,27,30). The van der Waals surface area contributed by atoms with Crippen molar-refractivity contribution in [2.24, 2.45) is 0 Å². The third-order valence-electron chi connectivity index (χ3n) is 5.30. The average Bonchev–Trinajstić information content (AvgIpc) is 3.11. The first-order valence-corrected chi connectivity index (χ1v) is 11.1. The number of nitrogens with one attached hydrogen (secondary N) is 1. The van der Waals surface area contributed by atoms with Gasteiger partial charge in [-0.2, -0.15) is 0 Å². The molecular formula is C24H20ClN3O3S. The van der Waals surface area contributed by atoms with Gasteiger partial charge in [0.15, 0.2) is 5.78 Å². The highest BCUT2D eigenvalue weighted by molar-refractivity contribution is 7.19. The Bertz CT molecular complexity index is 1390. The second-order valence-electron chi connectivity index (χ2n) is 7.48. The molecule has 0 aliphatic rings. The molecule has 162 valence electrons. The van der Waals surface area contributed by atoms with Gasteiger partial charge in [-0.3, -0.25) is 19.0 Å².